The number of phenols is 1. The van der Waals surface area contributed by atoms with Gasteiger partial charge in [0.05, 0.1) is 31.4 Å². The quantitative estimate of drug-likeness (QED) is 0.831. The van der Waals surface area contributed by atoms with Crippen LogP contribution in [0.2, 0.25) is 0 Å². The Morgan fingerprint density at radius 1 is 1.31 bits per heavy atom. The monoisotopic (exact) mass is 356 g/mol. The predicted octanol–water partition coefficient (Wildman–Crippen LogP) is 2.78. The zero-order chi connectivity index (χ0) is 18.7. The minimum absolute atomic E-state index is 0.0537. The van der Waals surface area contributed by atoms with Crippen molar-refractivity contribution in [2.75, 3.05) is 32.3 Å². The fourth-order valence-electron chi connectivity index (χ4n) is 3.47. The lowest BCUT2D eigenvalue weighted by atomic mass is 10.1. The Balaban J connectivity index is 1.93. The summed E-state index contributed by atoms with van der Waals surface area (Å²) in [5, 5.41) is 10.2. The molecule has 2 unspecified atom stereocenters. The summed E-state index contributed by atoms with van der Waals surface area (Å²) in [7, 11) is 3.06. The molecule has 1 aromatic heterocycles. The highest BCUT2D eigenvalue weighted by Gasteiger charge is 2.37. The number of aromatic hydroxyl groups is 1. The van der Waals surface area contributed by atoms with Crippen LogP contribution in [0.1, 0.15) is 12.0 Å². The van der Waals surface area contributed by atoms with Crippen molar-refractivity contribution in [3.05, 3.63) is 42.0 Å². The third kappa shape index (κ3) is 3.65. The van der Waals surface area contributed by atoms with Crippen LogP contribution in [0.25, 0.3) is 11.3 Å². The molecule has 1 aromatic carbocycles. The highest BCUT2D eigenvalue weighted by Crippen LogP contribution is 2.33. The molecular weight excluding hydrogens is 332 g/mol. The molecule has 6 nitrogen and oxygen atoms in total. The van der Waals surface area contributed by atoms with Crippen LogP contribution < -0.4 is 4.90 Å². The van der Waals surface area contributed by atoms with E-state index >= 15 is 0 Å². The minimum Gasteiger partial charge on any atom is -0.507 e. The van der Waals surface area contributed by atoms with E-state index in [9.17, 15) is 9.90 Å². The first-order valence-electron chi connectivity index (χ1n) is 8.64. The van der Waals surface area contributed by atoms with E-state index in [4.69, 9.17) is 14.5 Å². The van der Waals surface area contributed by atoms with Gasteiger partial charge in [-0.05, 0) is 37.6 Å². The Hall–Kier alpha value is -2.60. The number of hydrogen-bond acceptors (Lipinski definition) is 6. The lowest BCUT2D eigenvalue weighted by molar-refractivity contribution is -0.144. The molecule has 0 saturated carbocycles. The van der Waals surface area contributed by atoms with Crippen molar-refractivity contribution in [3.63, 3.8) is 0 Å². The molecule has 0 spiro atoms. The summed E-state index contributed by atoms with van der Waals surface area (Å²) in [4.78, 5) is 18.8. The molecule has 1 fully saturated rings. The average molecular weight is 356 g/mol. The van der Waals surface area contributed by atoms with Crippen molar-refractivity contribution in [3.8, 4) is 17.0 Å². The van der Waals surface area contributed by atoms with Crippen LogP contribution in [0.5, 0.6) is 5.75 Å². The van der Waals surface area contributed by atoms with Crippen LogP contribution in [-0.4, -0.2) is 49.5 Å². The van der Waals surface area contributed by atoms with Gasteiger partial charge in [-0.2, -0.15) is 0 Å². The van der Waals surface area contributed by atoms with Gasteiger partial charge in [-0.1, -0.05) is 17.7 Å². The second kappa shape index (κ2) is 7.74. The predicted molar refractivity (Wildman–Crippen MR) is 99.2 cm³/mol. The molecule has 2 aromatic rings. The molecular formula is C20H24N2O4. The summed E-state index contributed by atoms with van der Waals surface area (Å²) in [5.41, 5.74) is 2.44. The Morgan fingerprint density at radius 2 is 2.12 bits per heavy atom. The summed E-state index contributed by atoms with van der Waals surface area (Å²) >= 11 is 0. The van der Waals surface area contributed by atoms with Gasteiger partial charge in [0.15, 0.2) is 0 Å². The average Bonchev–Trinajstić information content (AvgIpc) is 3.07. The van der Waals surface area contributed by atoms with Crippen LogP contribution in [0.4, 0.5) is 5.82 Å². The van der Waals surface area contributed by atoms with Gasteiger partial charge >= 0.3 is 5.97 Å². The first-order chi connectivity index (χ1) is 12.5. The minimum atomic E-state index is -0.207. The molecule has 138 valence electrons. The lowest BCUT2D eigenvalue weighted by Crippen LogP contribution is -2.33. The summed E-state index contributed by atoms with van der Waals surface area (Å²) in [6, 6.07) is 11.2. The van der Waals surface area contributed by atoms with Crippen molar-refractivity contribution >= 4 is 11.8 Å². The van der Waals surface area contributed by atoms with Crippen LogP contribution in [-0.2, 0) is 14.3 Å². The number of carbonyl (C=O) groups excluding carboxylic acids is 1. The van der Waals surface area contributed by atoms with Gasteiger partial charge in [0.1, 0.15) is 11.6 Å². The fourth-order valence-corrected chi connectivity index (χ4v) is 3.47. The van der Waals surface area contributed by atoms with Crippen LogP contribution >= 0.6 is 0 Å². The molecule has 0 aliphatic carbocycles. The maximum absolute atomic E-state index is 12.0. The molecule has 0 radical (unpaired) electrons. The number of aromatic nitrogens is 1. The number of nitrogens with zero attached hydrogens (tertiary/aromatic N) is 2. The van der Waals surface area contributed by atoms with Crippen LogP contribution in [0, 0.1) is 12.8 Å². The number of aryl methyl sites for hydroxylation is 1. The van der Waals surface area contributed by atoms with Gasteiger partial charge in [-0.3, -0.25) is 4.79 Å². The first-order valence-corrected chi connectivity index (χ1v) is 8.64. The number of anilines is 1. The summed E-state index contributed by atoms with van der Waals surface area (Å²) in [5.74, 6) is 0.554. The van der Waals surface area contributed by atoms with E-state index in [2.05, 4.69) is 4.90 Å². The third-order valence-electron chi connectivity index (χ3n) is 4.76. The molecule has 2 heterocycles. The third-order valence-corrected chi connectivity index (χ3v) is 4.76. The number of pyridine rings is 1. The van der Waals surface area contributed by atoms with Gasteiger partial charge in [-0.25, -0.2) is 4.98 Å². The van der Waals surface area contributed by atoms with Crippen LogP contribution in [0.15, 0.2) is 36.4 Å². The Kier molecular flexibility index (Phi) is 5.42. The Bertz CT molecular complexity index is 793. The summed E-state index contributed by atoms with van der Waals surface area (Å²) in [6.45, 7) is 3.02. The normalized spacial score (nSPS) is 19.6. The van der Waals surface area contributed by atoms with Crippen molar-refractivity contribution in [2.24, 2.45) is 5.92 Å². The van der Waals surface area contributed by atoms with E-state index in [0.29, 0.717) is 30.8 Å². The van der Waals surface area contributed by atoms with Gasteiger partial charge in [0.2, 0.25) is 0 Å². The number of phenolic OH excluding ortho intramolecular Hbond substituents is 1. The number of benzene rings is 1. The number of esters is 1. The highest BCUT2D eigenvalue weighted by molar-refractivity contribution is 5.74. The van der Waals surface area contributed by atoms with Gasteiger partial charge < -0.3 is 19.5 Å². The second-order valence-electron chi connectivity index (χ2n) is 6.62. The molecule has 0 amide bonds. The molecule has 6 heteroatoms. The number of hydrogen-bond donors (Lipinski definition) is 1. The lowest BCUT2D eigenvalue weighted by Gasteiger charge is -2.25. The topological polar surface area (TPSA) is 71.9 Å². The van der Waals surface area contributed by atoms with Crippen LogP contribution in [0.3, 0.4) is 0 Å². The number of methoxy groups -OCH3 is 2. The number of rotatable bonds is 5. The number of carbonyl (C=O) groups is 1. The standard InChI is InChI=1S/C20H24N2O4/c1-13-7-8-18(23)16(9-13)17-5-4-6-19(21-17)22-11-14(20(24)26-3)10-15(22)12-25-2/h4-9,14-15,23H,10-12H2,1-3H3. The van der Waals surface area contributed by atoms with E-state index < -0.39 is 0 Å². The van der Waals surface area contributed by atoms with Gasteiger partial charge in [0, 0.05) is 19.2 Å². The maximum Gasteiger partial charge on any atom is 0.310 e. The maximum atomic E-state index is 12.0. The van der Waals surface area contributed by atoms with Crippen molar-refractivity contribution in [1.82, 2.24) is 4.98 Å². The van der Waals surface area contributed by atoms with E-state index in [1.54, 1.807) is 13.2 Å². The molecule has 26 heavy (non-hydrogen) atoms. The molecule has 0 bridgehead atoms. The molecule has 2 atom stereocenters. The fraction of sp³-hybridized carbons (Fsp3) is 0.400. The van der Waals surface area contributed by atoms with Gasteiger partial charge in [0.25, 0.3) is 0 Å². The summed E-state index contributed by atoms with van der Waals surface area (Å²) < 4.78 is 10.2. The molecule has 3 rings (SSSR count). The SMILES string of the molecule is COCC1CC(C(=O)OC)CN1c1cccc(-c2cc(C)ccc2O)n1. The molecule has 1 N–H and O–H groups in total. The second-order valence-corrected chi connectivity index (χ2v) is 6.62. The van der Waals surface area contributed by atoms with Crippen molar-refractivity contribution in [2.45, 2.75) is 19.4 Å². The van der Waals surface area contributed by atoms with E-state index in [1.165, 1.54) is 7.11 Å². The Morgan fingerprint density at radius 3 is 2.85 bits per heavy atom. The van der Waals surface area contributed by atoms with E-state index in [0.717, 1.165) is 11.4 Å². The zero-order valence-electron chi connectivity index (χ0n) is 15.3. The highest BCUT2D eigenvalue weighted by atomic mass is 16.5. The molecule has 1 saturated heterocycles. The van der Waals surface area contributed by atoms with E-state index in [1.807, 2.05) is 37.3 Å². The van der Waals surface area contributed by atoms with E-state index in [-0.39, 0.29) is 23.7 Å². The Labute approximate surface area is 153 Å². The largest absolute Gasteiger partial charge is 0.507 e. The molecule has 1 aliphatic rings. The number of ether oxygens (including phenoxy) is 2. The zero-order valence-corrected chi connectivity index (χ0v) is 15.3. The van der Waals surface area contributed by atoms with Crippen molar-refractivity contribution < 1.29 is 19.4 Å². The van der Waals surface area contributed by atoms with Gasteiger partial charge in [-0.15, -0.1) is 0 Å². The summed E-state index contributed by atoms with van der Waals surface area (Å²) in [6.07, 6.45) is 0.669. The molecule has 1 aliphatic heterocycles. The first kappa shape index (κ1) is 18.2. The van der Waals surface area contributed by atoms with Crippen molar-refractivity contribution in [1.29, 1.82) is 0 Å². The smallest absolute Gasteiger partial charge is 0.310 e.